The third kappa shape index (κ3) is 3.46. The van der Waals surface area contributed by atoms with Gasteiger partial charge in [-0.15, -0.1) is 11.3 Å². The number of halogens is 1. The monoisotopic (exact) mass is 428 g/mol. The molecule has 2 fully saturated rings. The quantitative estimate of drug-likeness (QED) is 0.701. The van der Waals surface area contributed by atoms with Crippen molar-refractivity contribution < 1.29 is 4.39 Å². The maximum absolute atomic E-state index is 15.1. The van der Waals surface area contributed by atoms with Crippen LogP contribution in [0.15, 0.2) is 28.6 Å². The van der Waals surface area contributed by atoms with E-state index in [1.54, 1.807) is 11.3 Å². The molecule has 6 nitrogen and oxygen atoms in total. The molecule has 1 aromatic heterocycles. The summed E-state index contributed by atoms with van der Waals surface area (Å²) < 4.78 is 15.1. The summed E-state index contributed by atoms with van der Waals surface area (Å²) in [6, 6.07) is 5.27. The number of aliphatic imine (C=N–C) groups is 1. The first-order valence-electron chi connectivity index (χ1n) is 10.5. The number of nitrogens with zero attached hydrogens (tertiary/aromatic N) is 3. The summed E-state index contributed by atoms with van der Waals surface area (Å²) in [5.41, 5.74) is 10.3. The second-order valence-corrected chi connectivity index (χ2v) is 10.00. The number of likely N-dealkylation sites (N-methyl/N-ethyl adjacent to an activating group) is 1. The van der Waals surface area contributed by atoms with Crippen LogP contribution in [0.3, 0.4) is 0 Å². The van der Waals surface area contributed by atoms with Gasteiger partial charge in [-0.05, 0) is 56.8 Å². The number of rotatable bonds is 3. The molecule has 1 unspecified atom stereocenters. The summed E-state index contributed by atoms with van der Waals surface area (Å²) in [6.07, 6.45) is 2.23. The van der Waals surface area contributed by atoms with Crippen LogP contribution in [0, 0.1) is 12.7 Å². The molecule has 1 saturated carbocycles. The van der Waals surface area contributed by atoms with Crippen molar-refractivity contribution in [1.82, 2.24) is 10.2 Å². The Hall–Kier alpha value is -2.16. The lowest BCUT2D eigenvalue weighted by Gasteiger charge is -2.36. The molecular weight excluding hydrogens is 399 g/mol. The van der Waals surface area contributed by atoms with Gasteiger partial charge in [-0.3, -0.25) is 5.73 Å². The fraction of sp³-hybridized carbons (Fsp3) is 0.500. The van der Waals surface area contributed by atoms with Crippen LogP contribution in [0.1, 0.15) is 36.5 Å². The summed E-state index contributed by atoms with van der Waals surface area (Å²) >= 11 is 1.61. The van der Waals surface area contributed by atoms with Crippen LogP contribution in [0.25, 0.3) is 0 Å². The Morgan fingerprint density at radius 1 is 1.23 bits per heavy atom. The van der Waals surface area contributed by atoms with Crippen LogP contribution >= 0.6 is 11.3 Å². The normalized spacial score (nSPS) is 25.4. The van der Waals surface area contributed by atoms with Crippen LogP contribution in [-0.4, -0.2) is 49.5 Å². The first kappa shape index (κ1) is 19.8. The molecule has 1 aliphatic carbocycles. The van der Waals surface area contributed by atoms with Gasteiger partial charge in [0.1, 0.15) is 16.7 Å². The molecule has 1 aromatic carbocycles. The molecule has 0 amide bonds. The highest BCUT2D eigenvalue weighted by Crippen LogP contribution is 2.41. The van der Waals surface area contributed by atoms with E-state index in [0.717, 1.165) is 61.0 Å². The van der Waals surface area contributed by atoms with Crippen LogP contribution in [0.4, 0.5) is 15.1 Å². The molecule has 0 radical (unpaired) electrons. The Morgan fingerprint density at radius 3 is 2.63 bits per heavy atom. The maximum Gasteiger partial charge on any atom is 0.212 e. The second kappa shape index (κ2) is 6.93. The molecule has 160 valence electrons. The van der Waals surface area contributed by atoms with Gasteiger partial charge in [0.2, 0.25) is 5.79 Å². The van der Waals surface area contributed by atoms with Crippen molar-refractivity contribution in [3.8, 4) is 0 Å². The van der Waals surface area contributed by atoms with E-state index in [1.807, 2.05) is 12.1 Å². The summed E-state index contributed by atoms with van der Waals surface area (Å²) in [5.74, 6) is -0.663. The maximum atomic E-state index is 15.1. The van der Waals surface area contributed by atoms with E-state index < -0.39 is 5.79 Å². The lowest BCUT2D eigenvalue weighted by atomic mass is 10.0. The number of thiophene rings is 1. The van der Waals surface area contributed by atoms with E-state index in [2.05, 4.69) is 46.7 Å². The number of hydrogen-bond donors (Lipinski definition) is 3. The first-order chi connectivity index (χ1) is 14.3. The molecule has 5 rings (SSSR count). The minimum atomic E-state index is -1.21. The van der Waals surface area contributed by atoms with Crippen LogP contribution < -0.4 is 21.3 Å². The topological polar surface area (TPSA) is 68.9 Å². The Bertz CT molecular complexity index is 1010. The highest BCUT2D eigenvalue weighted by atomic mass is 32.1. The molecular formula is C22H29FN6S. The lowest BCUT2D eigenvalue weighted by molar-refractivity contribution is 0.311. The number of anilines is 2. The van der Waals surface area contributed by atoms with Crippen molar-refractivity contribution in [2.75, 3.05) is 43.4 Å². The minimum Gasteiger partial charge on any atom is -0.367 e. The number of amidine groups is 1. The zero-order valence-electron chi connectivity index (χ0n) is 17.8. The predicted molar refractivity (Wildman–Crippen MR) is 122 cm³/mol. The van der Waals surface area contributed by atoms with Crippen LogP contribution in [0.2, 0.25) is 0 Å². The number of nitrogens with two attached hydrogens (primary N) is 1. The van der Waals surface area contributed by atoms with Gasteiger partial charge in [0.15, 0.2) is 0 Å². The van der Waals surface area contributed by atoms with E-state index >= 15 is 4.39 Å². The van der Waals surface area contributed by atoms with Gasteiger partial charge >= 0.3 is 0 Å². The number of hydrogen-bond acceptors (Lipinski definition) is 7. The van der Waals surface area contributed by atoms with Crippen molar-refractivity contribution in [2.45, 2.75) is 38.0 Å². The number of piperazine rings is 1. The first-order valence-corrected chi connectivity index (χ1v) is 11.4. The molecule has 1 atom stereocenters. The van der Waals surface area contributed by atoms with Crippen molar-refractivity contribution in [3.05, 3.63) is 46.1 Å². The zero-order valence-corrected chi connectivity index (χ0v) is 18.6. The van der Waals surface area contributed by atoms with E-state index in [4.69, 9.17) is 10.7 Å². The third-order valence-electron chi connectivity index (χ3n) is 6.46. The van der Waals surface area contributed by atoms with Gasteiger partial charge in [-0.1, -0.05) is 6.07 Å². The molecule has 3 aliphatic rings. The Kier molecular flexibility index (Phi) is 4.57. The molecule has 4 N–H and O–H groups in total. The second-order valence-electron chi connectivity index (χ2n) is 9.12. The lowest BCUT2D eigenvalue weighted by Crippen LogP contribution is -2.49. The van der Waals surface area contributed by atoms with Gasteiger partial charge in [0, 0.05) is 37.3 Å². The Balaban J connectivity index is 1.48. The van der Waals surface area contributed by atoms with E-state index in [1.165, 1.54) is 6.07 Å². The van der Waals surface area contributed by atoms with Crippen molar-refractivity contribution >= 4 is 27.9 Å². The summed E-state index contributed by atoms with van der Waals surface area (Å²) in [4.78, 5) is 9.23. The average molecular weight is 429 g/mol. The molecule has 0 bridgehead atoms. The third-order valence-corrected chi connectivity index (χ3v) is 7.47. The van der Waals surface area contributed by atoms with Crippen molar-refractivity contribution in [2.24, 2.45) is 10.7 Å². The number of aryl methyl sites for hydroxylation is 1. The van der Waals surface area contributed by atoms with Gasteiger partial charge in [-0.2, -0.15) is 0 Å². The Morgan fingerprint density at radius 2 is 1.97 bits per heavy atom. The number of fused-ring (bicyclic) bond motifs is 1. The minimum absolute atomic E-state index is 0.0687. The standard InChI is InChI=1S/C22H29FN6S/c1-14-13-30-20-18(14)19(25-21(2)6-7-21)26-22(24,27-20)15-4-5-17(16(23)12-15)29-10-8-28(3)9-11-29/h4-5,12-13,27H,6-11,24H2,1-3H3,(H,25,26). The summed E-state index contributed by atoms with van der Waals surface area (Å²) in [7, 11) is 2.09. The predicted octanol–water partition coefficient (Wildman–Crippen LogP) is 3.03. The molecule has 3 heterocycles. The fourth-order valence-electron chi connectivity index (χ4n) is 4.14. The van der Waals surface area contributed by atoms with Crippen LogP contribution in [0.5, 0.6) is 0 Å². The van der Waals surface area contributed by atoms with Crippen molar-refractivity contribution in [1.29, 1.82) is 0 Å². The zero-order chi connectivity index (χ0) is 21.1. The van der Waals surface area contributed by atoms with Gasteiger partial charge in [0.05, 0.1) is 11.3 Å². The summed E-state index contributed by atoms with van der Waals surface area (Å²) in [5, 5.41) is 10.0. The highest BCUT2D eigenvalue weighted by Gasteiger charge is 2.42. The molecule has 2 aromatic rings. The Labute approximate surface area is 181 Å². The number of benzene rings is 1. The van der Waals surface area contributed by atoms with Gasteiger partial charge in [-0.25, -0.2) is 9.38 Å². The van der Waals surface area contributed by atoms with Crippen molar-refractivity contribution in [3.63, 3.8) is 0 Å². The van der Waals surface area contributed by atoms with Gasteiger partial charge in [0.25, 0.3) is 0 Å². The summed E-state index contributed by atoms with van der Waals surface area (Å²) in [6.45, 7) is 7.78. The smallest absolute Gasteiger partial charge is 0.212 e. The molecule has 1 saturated heterocycles. The van der Waals surface area contributed by atoms with Gasteiger partial charge < -0.3 is 20.4 Å². The average Bonchev–Trinajstić information content (AvgIpc) is 3.31. The number of nitrogens with one attached hydrogen (secondary N) is 2. The highest BCUT2D eigenvalue weighted by molar-refractivity contribution is 7.14. The molecule has 2 aliphatic heterocycles. The fourth-order valence-corrected chi connectivity index (χ4v) is 5.14. The van der Waals surface area contributed by atoms with E-state index in [9.17, 15) is 0 Å². The largest absolute Gasteiger partial charge is 0.367 e. The molecule has 0 spiro atoms. The molecule has 8 heteroatoms. The molecule has 30 heavy (non-hydrogen) atoms. The van der Waals surface area contributed by atoms with E-state index in [-0.39, 0.29) is 11.4 Å². The van der Waals surface area contributed by atoms with Crippen LogP contribution in [-0.2, 0) is 5.79 Å². The SMILES string of the molecule is Cc1csc2c1C(NC1(C)CC1)=NC(N)(c1ccc(N3CCN(C)CC3)c(F)c1)N2. The van der Waals surface area contributed by atoms with E-state index in [0.29, 0.717) is 11.3 Å².